The molecule has 0 fully saturated rings. The molecule has 0 aliphatic heterocycles. The maximum atomic E-state index is 5.56. The monoisotopic (exact) mass is 184 g/mol. The van der Waals surface area contributed by atoms with Crippen LogP contribution in [0.3, 0.4) is 0 Å². The molecule has 0 bridgehead atoms. The zero-order valence-corrected chi connectivity index (χ0v) is 7.77. The lowest BCUT2D eigenvalue weighted by Crippen LogP contribution is -2.08. The number of thioether (sulfide) groups is 1. The second kappa shape index (κ2) is 4.82. The smallest absolute Gasteiger partial charge is 0.168 e. The van der Waals surface area contributed by atoms with Crippen LogP contribution in [0.1, 0.15) is 0 Å². The van der Waals surface area contributed by atoms with E-state index in [0.29, 0.717) is 11.6 Å². The van der Waals surface area contributed by atoms with Gasteiger partial charge in [-0.3, -0.25) is 0 Å². The molecule has 3 N–H and O–H groups in total. The van der Waals surface area contributed by atoms with Crippen molar-refractivity contribution in [2.45, 2.75) is 0 Å². The second-order valence-electron chi connectivity index (χ2n) is 2.21. The van der Waals surface area contributed by atoms with Gasteiger partial charge in [0.05, 0.1) is 0 Å². The summed E-state index contributed by atoms with van der Waals surface area (Å²) in [6.45, 7) is 0.865. The lowest BCUT2D eigenvalue weighted by atomic mass is 10.5. The van der Waals surface area contributed by atoms with Gasteiger partial charge >= 0.3 is 0 Å². The zero-order valence-electron chi connectivity index (χ0n) is 6.95. The molecular weight excluding hydrogens is 172 g/mol. The molecule has 0 atom stereocenters. The summed E-state index contributed by atoms with van der Waals surface area (Å²) >= 11 is 1.78. The van der Waals surface area contributed by atoms with Crippen LogP contribution >= 0.6 is 11.8 Å². The van der Waals surface area contributed by atoms with Crippen molar-refractivity contribution in [3.63, 3.8) is 0 Å². The van der Waals surface area contributed by atoms with E-state index in [2.05, 4.69) is 21.5 Å². The highest BCUT2D eigenvalue weighted by Gasteiger charge is 1.97. The van der Waals surface area contributed by atoms with Crippen LogP contribution < -0.4 is 11.1 Å². The minimum absolute atomic E-state index is 0.457. The van der Waals surface area contributed by atoms with E-state index in [1.54, 1.807) is 24.2 Å². The Labute approximate surface area is 76.0 Å². The van der Waals surface area contributed by atoms with Crippen molar-refractivity contribution in [2.24, 2.45) is 0 Å². The molecule has 5 heteroatoms. The lowest BCUT2D eigenvalue weighted by molar-refractivity contribution is 1.14. The first kappa shape index (κ1) is 9.12. The second-order valence-corrected chi connectivity index (χ2v) is 3.20. The van der Waals surface area contributed by atoms with Crippen molar-refractivity contribution in [1.82, 2.24) is 9.97 Å². The van der Waals surface area contributed by atoms with Gasteiger partial charge in [-0.05, 0) is 6.26 Å². The van der Waals surface area contributed by atoms with Crippen LogP contribution in [0.25, 0.3) is 0 Å². The van der Waals surface area contributed by atoms with Crippen LogP contribution in [-0.4, -0.2) is 28.5 Å². The fourth-order valence-corrected chi connectivity index (χ4v) is 1.06. The third kappa shape index (κ3) is 2.58. The molecule has 66 valence electrons. The molecule has 12 heavy (non-hydrogen) atoms. The largest absolute Gasteiger partial charge is 0.381 e. The number of anilines is 2. The van der Waals surface area contributed by atoms with E-state index in [1.807, 2.05) is 0 Å². The highest BCUT2D eigenvalue weighted by molar-refractivity contribution is 7.98. The van der Waals surface area contributed by atoms with Crippen molar-refractivity contribution in [2.75, 3.05) is 29.6 Å². The van der Waals surface area contributed by atoms with E-state index in [9.17, 15) is 0 Å². The van der Waals surface area contributed by atoms with Gasteiger partial charge in [0.25, 0.3) is 0 Å². The summed E-state index contributed by atoms with van der Waals surface area (Å²) in [4.78, 5) is 7.95. The molecule has 4 nitrogen and oxygen atoms in total. The number of hydrogen-bond donors (Lipinski definition) is 2. The standard InChI is InChI=1S/C7H12N4S/c1-12-5-4-11-7-6(8)9-2-3-10-7/h2-3H,4-5H2,1H3,(H2,8,9)(H,10,11). The predicted octanol–water partition coefficient (Wildman–Crippen LogP) is 0.834. The Bertz CT molecular complexity index is 241. The van der Waals surface area contributed by atoms with E-state index in [0.717, 1.165) is 12.3 Å². The molecule has 1 aromatic heterocycles. The first-order chi connectivity index (χ1) is 5.84. The minimum atomic E-state index is 0.457. The summed E-state index contributed by atoms with van der Waals surface area (Å²) in [5.74, 6) is 2.17. The van der Waals surface area contributed by atoms with Gasteiger partial charge in [-0.15, -0.1) is 0 Å². The van der Waals surface area contributed by atoms with Gasteiger partial charge in [-0.25, -0.2) is 9.97 Å². The van der Waals surface area contributed by atoms with E-state index >= 15 is 0 Å². The van der Waals surface area contributed by atoms with Crippen molar-refractivity contribution < 1.29 is 0 Å². The zero-order chi connectivity index (χ0) is 8.81. The number of hydrogen-bond acceptors (Lipinski definition) is 5. The molecular formula is C7H12N4S. The SMILES string of the molecule is CSCCNc1nccnc1N. The highest BCUT2D eigenvalue weighted by Crippen LogP contribution is 2.08. The van der Waals surface area contributed by atoms with E-state index < -0.39 is 0 Å². The fourth-order valence-electron chi connectivity index (χ4n) is 0.756. The van der Waals surface area contributed by atoms with E-state index in [4.69, 9.17) is 5.73 Å². The van der Waals surface area contributed by atoms with Crippen molar-refractivity contribution >= 4 is 23.4 Å². The number of aromatic nitrogens is 2. The summed E-state index contributed by atoms with van der Waals surface area (Å²) in [6.07, 6.45) is 5.26. The molecule has 1 aromatic rings. The number of rotatable bonds is 4. The average Bonchev–Trinajstić information content (AvgIpc) is 2.09. The first-order valence-electron chi connectivity index (χ1n) is 3.64. The van der Waals surface area contributed by atoms with Crippen LogP contribution in [0, 0.1) is 0 Å². The van der Waals surface area contributed by atoms with E-state index in [-0.39, 0.29) is 0 Å². The predicted molar refractivity (Wildman–Crippen MR) is 53.3 cm³/mol. The Hall–Kier alpha value is -0.970. The van der Waals surface area contributed by atoms with Gasteiger partial charge in [0.2, 0.25) is 0 Å². The molecule has 1 heterocycles. The van der Waals surface area contributed by atoms with Gasteiger partial charge in [0, 0.05) is 24.7 Å². The molecule has 0 aliphatic rings. The molecule has 0 radical (unpaired) electrons. The average molecular weight is 184 g/mol. The quantitative estimate of drug-likeness (QED) is 0.679. The molecule has 0 aromatic carbocycles. The Kier molecular flexibility index (Phi) is 3.66. The fraction of sp³-hybridized carbons (Fsp3) is 0.429. The van der Waals surface area contributed by atoms with Crippen molar-refractivity contribution in [3.05, 3.63) is 12.4 Å². The molecule has 1 rings (SSSR count). The summed E-state index contributed by atoms with van der Waals surface area (Å²) in [7, 11) is 0. The van der Waals surface area contributed by atoms with Crippen LogP contribution in [0.4, 0.5) is 11.6 Å². The molecule has 0 aliphatic carbocycles. The minimum Gasteiger partial charge on any atom is -0.381 e. The summed E-state index contributed by atoms with van der Waals surface area (Å²) in [5, 5.41) is 3.09. The Morgan fingerprint density at radius 2 is 2.25 bits per heavy atom. The van der Waals surface area contributed by atoms with Crippen molar-refractivity contribution in [3.8, 4) is 0 Å². The van der Waals surface area contributed by atoms with Crippen LogP contribution in [0.15, 0.2) is 12.4 Å². The van der Waals surface area contributed by atoms with Gasteiger partial charge in [0.15, 0.2) is 11.6 Å². The topological polar surface area (TPSA) is 63.8 Å². The maximum Gasteiger partial charge on any atom is 0.168 e. The molecule has 0 saturated carbocycles. The van der Waals surface area contributed by atoms with E-state index in [1.165, 1.54) is 0 Å². The van der Waals surface area contributed by atoms with Gasteiger partial charge < -0.3 is 11.1 Å². The Morgan fingerprint density at radius 1 is 1.50 bits per heavy atom. The third-order valence-corrected chi connectivity index (χ3v) is 1.94. The third-order valence-electron chi connectivity index (χ3n) is 1.33. The molecule has 0 unspecified atom stereocenters. The van der Waals surface area contributed by atoms with Crippen molar-refractivity contribution in [1.29, 1.82) is 0 Å². The van der Waals surface area contributed by atoms with Gasteiger partial charge in [-0.1, -0.05) is 0 Å². The molecule has 0 amide bonds. The number of nitrogen functional groups attached to an aromatic ring is 1. The molecule has 0 saturated heterocycles. The Balaban J connectivity index is 2.46. The Morgan fingerprint density at radius 3 is 2.92 bits per heavy atom. The first-order valence-corrected chi connectivity index (χ1v) is 5.03. The van der Waals surface area contributed by atoms with Crippen LogP contribution in [0.5, 0.6) is 0 Å². The number of nitrogens with zero attached hydrogens (tertiary/aromatic N) is 2. The van der Waals surface area contributed by atoms with Crippen LogP contribution in [-0.2, 0) is 0 Å². The maximum absolute atomic E-state index is 5.56. The van der Waals surface area contributed by atoms with Gasteiger partial charge in [0.1, 0.15) is 0 Å². The summed E-state index contributed by atoms with van der Waals surface area (Å²) in [6, 6.07) is 0. The summed E-state index contributed by atoms with van der Waals surface area (Å²) < 4.78 is 0. The normalized spacial score (nSPS) is 9.75. The van der Waals surface area contributed by atoms with Gasteiger partial charge in [-0.2, -0.15) is 11.8 Å². The number of nitrogens with two attached hydrogens (primary N) is 1. The van der Waals surface area contributed by atoms with Crippen LogP contribution in [0.2, 0.25) is 0 Å². The summed E-state index contributed by atoms with van der Waals surface area (Å²) in [5.41, 5.74) is 5.56. The lowest BCUT2D eigenvalue weighted by Gasteiger charge is -2.04. The molecule has 0 spiro atoms. The number of nitrogens with one attached hydrogen (secondary N) is 1. The highest BCUT2D eigenvalue weighted by atomic mass is 32.2.